The van der Waals surface area contributed by atoms with Gasteiger partial charge in [-0.25, -0.2) is 0 Å². The van der Waals surface area contributed by atoms with Gasteiger partial charge in [0, 0.05) is 13.6 Å². The molecule has 16 heavy (non-hydrogen) atoms. The van der Waals surface area contributed by atoms with Crippen LogP contribution in [0.15, 0.2) is 34.7 Å². The number of likely N-dealkylation sites (N-methyl/N-ethyl adjacent to an activating group) is 1. The molecule has 2 radical (unpaired) electrons. The monoisotopic (exact) mass is 216 g/mol. The number of hydrogen-bond donors (Lipinski definition) is 2. The highest BCUT2D eigenvalue weighted by atomic mass is 16.3. The fourth-order valence-corrected chi connectivity index (χ4v) is 2.14. The van der Waals surface area contributed by atoms with Crippen molar-refractivity contribution in [2.24, 2.45) is 0 Å². The number of hydrogen-bond acceptors (Lipinski definition) is 3. The van der Waals surface area contributed by atoms with E-state index in [0.717, 1.165) is 29.9 Å². The molecule has 0 aromatic carbocycles. The summed E-state index contributed by atoms with van der Waals surface area (Å²) in [5.74, 6) is 0. The molecule has 0 fully saturated rings. The van der Waals surface area contributed by atoms with E-state index in [4.69, 9.17) is 7.85 Å². The minimum atomic E-state index is -0.564. The van der Waals surface area contributed by atoms with Crippen LogP contribution in [0, 0.1) is 0 Å². The Hall–Kier alpha value is -1.16. The van der Waals surface area contributed by atoms with Gasteiger partial charge < -0.3 is 15.3 Å². The van der Waals surface area contributed by atoms with Gasteiger partial charge in [0.05, 0.1) is 19.2 Å². The first-order chi connectivity index (χ1) is 7.65. The van der Waals surface area contributed by atoms with Gasteiger partial charge in [-0.15, -0.1) is 0 Å². The second-order valence-corrected chi connectivity index (χ2v) is 4.28. The molecule has 0 saturated carbocycles. The molecule has 0 aromatic heterocycles. The molecule has 0 amide bonds. The first kappa shape index (κ1) is 11.3. The predicted octanol–water partition coefficient (Wildman–Crippen LogP) is 0.915. The molecule has 84 valence electrons. The molecule has 2 aliphatic heterocycles. The molecule has 1 unspecified atom stereocenters. The van der Waals surface area contributed by atoms with Crippen LogP contribution < -0.4 is 5.32 Å². The number of dihydropyridines is 1. The molecule has 0 aromatic rings. The first-order valence-electron chi connectivity index (χ1n) is 5.65. The van der Waals surface area contributed by atoms with Crippen LogP contribution in [0.3, 0.4) is 0 Å². The van der Waals surface area contributed by atoms with E-state index in [1.807, 2.05) is 20.0 Å². The molecule has 3 nitrogen and oxygen atoms in total. The Morgan fingerprint density at radius 3 is 2.94 bits per heavy atom. The predicted molar refractivity (Wildman–Crippen MR) is 65.8 cm³/mol. The fraction of sp³-hybridized carbons (Fsp3) is 0.500. The van der Waals surface area contributed by atoms with Gasteiger partial charge in [0.1, 0.15) is 6.23 Å². The maximum absolute atomic E-state index is 9.86. The third-order valence-electron chi connectivity index (χ3n) is 3.11. The Kier molecular flexibility index (Phi) is 3.10. The zero-order valence-corrected chi connectivity index (χ0v) is 9.83. The van der Waals surface area contributed by atoms with E-state index in [1.54, 1.807) is 0 Å². The van der Waals surface area contributed by atoms with Crippen molar-refractivity contribution in [2.45, 2.75) is 25.9 Å². The van der Waals surface area contributed by atoms with Crippen LogP contribution in [0.25, 0.3) is 0 Å². The zero-order chi connectivity index (χ0) is 11.7. The minimum Gasteiger partial charge on any atom is -0.370 e. The zero-order valence-electron chi connectivity index (χ0n) is 9.83. The highest BCUT2D eigenvalue weighted by Crippen LogP contribution is 2.26. The van der Waals surface area contributed by atoms with Gasteiger partial charge in [0.25, 0.3) is 0 Å². The van der Waals surface area contributed by atoms with Crippen LogP contribution in [-0.4, -0.2) is 37.7 Å². The Morgan fingerprint density at radius 1 is 1.56 bits per heavy atom. The standard InChI is InChI=1S/C12H17BN2O/c1-3-9-5-11-10(14-12(9)16)4-8(6-13)7-15(11)2/h4-5,12,14,16H,3,6-7H2,1-2H3. The van der Waals surface area contributed by atoms with Gasteiger partial charge in [-0.05, 0) is 24.1 Å². The second-order valence-electron chi connectivity index (χ2n) is 4.28. The Morgan fingerprint density at radius 2 is 2.31 bits per heavy atom. The molecule has 2 N–H and O–H groups in total. The third-order valence-corrected chi connectivity index (χ3v) is 3.11. The van der Waals surface area contributed by atoms with Crippen LogP contribution >= 0.6 is 0 Å². The first-order valence-corrected chi connectivity index (χ1v) is 5.65. The molecule has 4 heteroatoms. The summed E-state index contributed by atoms with van der Waals surface area (Å²) in [4.78, 5) is 2.16. The average Bonchev–Trinajstić information content (AvgIpc) is 2.28. The van der Waals surface area contributed by atoms with Crippen molar-refractivity contribution in [3.63, 3.8) is 0 Å². The Balaban J connectivity index is 2.36. The molecule has 2 heterocycles. The van der Waals surface area contributed by atoms with E-state index < -0.39 is 6.23 Å². The molecule has 0 saturated heterocycles. The van der Waals surface area contributed by atoms with Crippen LogP contribution in [-0.2, 0) is 0 Å². The molecular weight excluding hydrogens is 199 g/mol. The van der Waals surface area contributed by atoms with Gasteiger partial charge in [-0.2, -0.15) is 0 Å². The molecule has 0 spiro atoms. The largest absolute Gasteiger partial charge is 0.370 e. The molecular formula is C12H17BN2O. The number of rotatable bonds is 2. The maximum Gasteiger partial charge on any atom is 0.147 e. The van der Waals surface area contributed by atoms with Crippen molar-refractivity contribution in [1.29, 1.82) is 0 Å². The van der Waals surface area contributed by atoms with Crippen molar-refractivity contribution in [3.8, 4) is 0 Å². The highest BCUT2D eigenvalue weighted by molar-refractivity contribution is 6.10. The lowest BCUT2D eigenvalue weighted by molar-refractivity contribution is 0.177. The van der Waals surface area contributed by atoms with Gasteiger partial charge in [-0.1, -0.05) is 18.8 Å². The van der Waals surface area contributed by atoms with E-state index in [2.05, 4.69) is 16.3 Å². The highest BCUT2D eigenvalue weighted by Gasteiger charge is 2.23. The van der Waals surface area contributed by atoms with E-state index in [1.165, 1.54) is 5.57 Å². The van der Waals surface area contributed by atoms with Crippen LogP contribution in [0.4, 0.5) is 0 Å². The van der Waals surface area contributed by atoms with Gasteiger partial charge in [0.15, 0.2) is 0 Å². The second kappa shape index (κ2) is 4.38. The number of aliphatic hydroxyl groups is 1. The van der Waals surface area contributed by atoms with Crippen LogP contribution in [0.5, 0.6) is 0 Å². The Labute approximate surface area is 97.9 Å². The van der Waals surface area contributed by atoms with Crippen LogP contribution in [0.1, 0.15) is 13.3 Å². The van der Waals surface area contributed by atoms with Crippen molar-refractivity contribution >= 4 is 7.85 Å². The van der Waals surface area contributed by atoms with E-state index >= 15 is 0 Å². The average molecular weight is 216 g/mol. The third kappa shape index (κ3) is 1.89. The summed E-state index contributed by atoms with van der Waals surface area (Å²) in [7, 11) is 7.70. The van der Waals surface area contributed by atoms with E-state index in [9.17, 15) is 5.11 Å². The number of nitrogens with zero attached hydrogens (tertiary/aromatic N) is 1. The number of aliphatic hydroxyl groups excluding tert-OH is 1. The van der Waals surface area contributed by atoms with Crippen LogP contribution in [0.2, 0.25) is 6.32 Å². The summed E-state index contributed by atoms with van der Waals surface area (Å²) in [6.07, 6.45) is 4.96. The summed E-state index contributed by atoms with van der Waals surface area (Å²) in [6.45, 7) is 2.91. The lowest BCUT2D eigenvalue weighted by Crippen LogP contribution is -2.38. The SMILES string of the molecule is [B]CC1=CC2=C(C=C(CC)C(O)N2)N(C)C1. The summed E-state index contributed by atoms with van der Waals surface area (Å²) >= 11 is 0. The van der Waals surface area contributed by atoms with Crippen molar-refractivity contribution < 1.29 is 5.11 Å². The summed E-state index contributed by atoms with van der Waals surface area (Å²) < 4.78 is 0. The van der Waals surface area contributed by atoms with E-state index in [0.29, 0.717) is 6.32 Å². The van der Waals surface area contributed by atoms with Gasteiger partial charge in [-0.3, -0.25) is 0 Å². The Bertz CT molecular complexity index is 384. The molecule has 2 aliphatic rings. The summed E-state index contributed by atoms with van der Waals surface area (Å²) in [6, 6.07) is 0. The molecule has 0 bridgehead atoms. The van der Waals surface area contributed by atoms with Crippen molar-refractivity contribution in [3.05, 3.63) is 34.7 Å². The fourth-order valence-electron chi connectivity index (χ4n) is 2.14. The summed E-state index contributed by atoms with van der Waals surface area (Å²) in [5.41, 5.74) is 4.31. The number of allylic oxidation sites excluding steroid dienone is 2. The molecule has 0 aliphatic carbocycles. The van der Waals surface area contributed by atoms with Crippen molar-refractivity contribution in [1.82, 2.24) is 10.2 Å². The molecule has 1 atom stereocenters. The lowest BCUT2D eigenvalue weighted by atomic mass is 9.92. The maximum atomic E-state index is 9.86. The van der Waals surface area contributed by atoms with E-state index in [-0.39, 0.29) is 0 Å². The minimum absolute atomic E-state index is 0.559. The molecule has 2 rings (SSSR count). The van der Waals surface area contributed by atoms with Gasteiger partial charge in [0.2, 0.25) is 0 Å². The summed E-state index contributed by atoms with van der Waals surface area (Å²) in [5, 5.41) is 13.0. The quantitative estimate of drug-likeness (QED) is 0.673. The van der Waals surface area contributed by atoms with Crippen molar-refractivity contribution in [2.75, 3.05) is 13.6 Å². The topological polar surface area (TPSA) is 35.5 Å². The van der Waals surface area contributed by atoms with Gasteiger partial charge >= 0.3 is 0 Å². The normalized spacial score (nSPS) is 24.7. The number of nitrogens with one attached hydrogen (secondary N) is 1. The lowest BCUT2D eigenvalue weighted by Gasteiger charge is -2.34. The smallest absolute Gasteiger partial charge is 0.147 e.